The topological polar surface area (TPSA) is 93.5 Å². The van der Waals surface area contributed by atoms with Gasteiger partial charge in [-0.2, -0.15) is 15.2 Å². The number of methoxy groups -OCH3 is 1. The molecule has 0 amide bonds. The predicted molar refractivity (Wildman–Crippen MR) is 115 cm³/mol. The summed E-state index contributed by atoms with van der Waals surface area (Å²) >= 11 is 7.66. The van der Waals surface area contributed by atoms with Gasteiger partial charge in [0.15, 0.2) is 0 Å². The largest absolute Gasteiger partial charge is 0.481 e. The van der Waals surface area contributed by atoms with E-state index in [-0.39, 0.29) is 18.7 Å². The first kappa shape index (κ1) is 21.3. The Bertz CT molecular complexity index is 1200. The maximum Gasteiger partial charge on any atom is 0.239 e. The zero-order valence-corrected chi connectivity index (χ0v) is 18.1. The van der Waals surface area contributed by atoms with Crippen molar-refractivity contribution < 1.29 is 13.5 Å². The minimum atomic E-state index is -2.39. The van der Waals surface area contributed by atoms with Gasteiger partial charge in [-0.3, -0.25) is 4.72 Å². The number of aromatic amines is 1. The summed E-state index contributed by atoms with van der Waals surface area (Å²) in [6, 6.07) is 3.67. The van der Waals surface area contributed by atoms with Crippen LogP contribution >= 0.6 is 23.5 Å². The van der Waals surface area contributed by atoms with E-state index in [1.165, 1.54) is 23.9 Å². The molecule has 0 saturated heterocycles. The van der Waals surface area contributed by atoms with Gasteiger partial charge in [0.25, 0.3) is 0 Å². The Kier molecular flexibility index (Phi) is 6.23. The van der Waals surface area contributed by atoms with Crippen LogP contribution in [0.25, 0.3) is 16.6 Å². The fourth-order valence-corrected chi connectivity index (χ4v) is 4.09. The normalized spacial score (nSPS) is 11.4. The van der Waals surface area contributed by atoms with Crippen LogP contribution in [0.2, 0.25) is 5.02 Å². The van der Waals surface area contributed by atoms with E-state index in [1.54, 1.807) is 25.4 Å². The first-order valence-electron chi connectivity index (χ1n) is 9.26. The number of ether oxygens (including phenoxy) is 1. The molecule has 0 bridgehead atoms. The summed E-state index contributed by atoms with van der Waals surface area (Å²) in [7, 11) is 1.46. The average molecular weight is 466 g/mol. The highest BCUT2D eigenvalue weighted by Crippen LogP contribution is 2.35. The molecule has 0 atom stereocenters. The highest BCUT2D eigenvalue weighted by molar-refractivity contribution is 8.00. The molecule has 0 unspecified atom stereocenters. The third-order valence-corrected chi connectivity index (χ3v) is 5.74. The fraction of sp³-hybridized carbons (Fsp3) is 0.263. The molecular weight excluding hydrogens is 448 g/mol. The van der Waals surface area contributed by atoms with Crippen LogP contribution in [0.5, 0.6) is 5.88 Å². The Morgan fingerprint density at radius 1 is 1.26 bits per heavy atom. The van der Waals surface area contributed by atoms with Gasteiger partial charge < -0.3 is 9.72 Å². The van der Waals surface area contributed by atoms with Crippen molar-refractivity contribution >= 4 is 40.4 Å². The van der Waals surface area contributed by atoms with Gasteiger partial charge in [-0.15, -0.1) is 4.80 Å². The molecule has 12 heteroatoms. The van der Waals surface area contributed by atoms with Gasteiger partial charge in [-0.25, -0.2) is 13.8 Å². The van der Waals surface area contributed by atoms with Crippen molar-refractivity contribution in [2.24, 2.45) is 0 Å². The molecular formula is C19H18ClF2N7OS. The second kappa shape index (κ2) is 9.06. The van der Waals surface area contributed by atoms with Crippen molar-refractivity contribution in [1.82, 2.24) is 29.9 Å². The number of nitrogens with one attached hydrogen (secondary N) is 2. The molecule has 0 saturated carbocycles. The summed E-state index contributed by atoms with van der Waals surface area (Å²) in [5, 5.41) is 9.74. The minimum Gasteiger partial charge on any atom is -0.481 e. The van der Waals surface area contributed by atoms with Crippen LogP contribution < -0.4 is 9.46 Å². The highest BCUT2D eigenvalue weighted by Gasteiger charge is 2.17. The molecule has 0 spiro atoms. The van der Waals surface area contributed by atoms with E-state index in [0.29, 0.717) is 27.9 Å². The molecule has 2 N–H and O–H groups in total. The molecule has 4 aromatic rings. The van der Waals surface area contributed by atoms with Crippen LogP contribution in [0.15, 0.2) is 35.6 Å². The van der Waals surface area contributed by atoms with E-state index in [1.807, 2.05) is 12.3 Å². The van der Waals surface area contributed by atoms with Gasteiger partial charge in [-0.1, -0.05) is 11.6 Å². The number of benzene rings is 1. The first-order valence-corrected chi connectivity index (χ1v) is 10.5. The number of nitrogens with zero attached hydrogens (tertiary/aromatic N) is 5. The number of H-pyrrole nitrogens is 1. The summed E-state index contributed by atoms with van der Waals surface area (Å²) in [6.07, 6.45) is 2.46. The Balaban J connectivity index is 1.58. The summed E-state index contributed by atoms with van der Waals surface area (Å²) in [4.78, 5) is 14.2. The van der Waals surface area contributed by atoms with Crippen molar-refractivity contribution in [2.45, 2.75) is 31.1 Å². The lowest BCUT2D eigenvalue weighted by Gasteiger charge is -2.12. The number of halogens is 3. The van der Waals surface area contributed by atoms with E-state index in [9.17, 15) is 8.78 Å². The number of alkyl halides is 2. The third-order valence-electron chi connectivity index (χ3n) is 4.59. The van der Waals surface area contributed by atoms with E-state index < -0.39 is 6.43 Å². The highest BCUT2D eigenvalue weighted by atomic mass is 35.5. The number of hydrogen-bond donors (Lipinski definition) is 2. The smallest absolute Gasteiger partial charge is 0.239 e. The lowest BCUT2D eigenvalue weighted by Crippen LogP contribution is -2.06. The fourth-order valence-electron chi connectivity index (χ4n) is 3.17. The van der Waals surface area contributed by atoms with Crippen molar-refractivity contribution in [3.8, 4) is 11.6 Å². The van der Waals surface area contributed by atoms with Crippen molar-refractivity contribution in [3.63, 3.8) is 0 Å². The second-order valence-corrected chi connectivity index (χ2v) is 7.80. The molecule has 162 valence electrons. The predicted octanol–water partition coefficient (Wildman–Crippen LogP) is 4.83. The molecule has 31 heavy (non-hydrogen) atoms. The monoisotopic (exact) mass is 465 g/mol. The van der Waals surface area contributed by atoms with Gasteiger partial charge in [0.1, 0.15) is 5.69 Å². The van der Waals surface area contributed by atoms with Crippen LogP contribution in [-0.2, 0) is 6.42 Å². The molecule has 8 nitrogen and oxygen atoms in total. The number of aryl methyl sites for hydroxylation is 1. The maximum atomic E-state index is 12.6. The molecule has 0 aliphatic heterocycles. The molecule has 1 aromatic carbocycles. The minimum absolute atomic E-state index is 0.146. The number of anilines is 1. The Hall–Kier alpha value is -2.92. The molecule has 0 fully saturated rings. The number of rotatable bonds is 8. The Morgan fingerprint density at radius 2 is 2.03 bits per heavy atom. The molecule has 0 aliphatic carbocycles. The average Bonchev–Trinajstić information content (AvgIpc) is 3.41. The standard InChI is InChI=1S/C19H18ClF2N7OS/c1-10-11(4-6-15(21)22)18(30-2)27-19(26-10)28-31-14-9-23-16-12(14)3-5-13(20)17(16)29-24-7-8-25-29/h3,5,7-9,15,23H,4,6H2,1-2H3,(H,26,27,28). The molecule has 4 rings (SSSR count). The Labute approximate surface area is 185 Å². The molecule has 3 heterocycles. The Morgan fingerprint density at radius 3 is 2.74 bits per heavy atom. The molecule has 0 aliphatic rings. The quantitative estimate of drug-likeness (QED) is 0.360. The molecule has 3 aromatic heterocycles. The van der Waals surface area contributed by atoms with Crippen LogP contribution in [0.1, 0.15) is 17.7 Å². The number of fused-ring (bicyclic) bond motifs is 1. The summed E-state index contributed by atoms with van der Waals surface area (Å²) in [5.74, 6) is 0.603. The summed E-state index contributed by atoms with van der Waals surface area (Å²) in [5.41, 5.74) is 2.60. The van der Waals surface area contributed by atoms with Gasteiger partial charge in [-0.05, 0) is 37.4 Å². The van der Waals surface area contributed by atoms with E-state index >= 15 is 0 Å². The first-order chi connectivity index (χ1) is 15.0. The van der Waals surface area contributed by atoms with E-state index in [2.05, 4.69) is 29.9 Å². The van der Waals surface area contributed by atoms with Crippen molar-refractivity contribution in [3.05, 3.63) is 47.0 Å². The zero-order valence-electron chi connectivity index (χ0n) is 16.6. The van der Waals surface area contributed by atoms with Gasteiger partial charge in [0.05, 0.1) is 34.9 Å². The van der Waals surface area contributed by atoms with Gasteiger partial charge in [0, 0.05) is 29.3 Å². The van der Waals surface area contributed by atoms with Gasteiger partial charge >= 0.3 is 0 Å². The van der Waals surface area contributed by atoms with Gasteiger partial charge in [0.2, 0.25) is 18.3 Å². The van der Waals surface area contributed by atoms with E-state index in [0.717, 1.165) is 15.8 Å². The second-order valence-electron chi connectivity index (χ2n) is 6.54. The summed E-state index contributed by atoms with van der Waals surface area (Å²) < 4.78 is 33.6. The summed E-state index contributed by atoms with van der Waals surface area (Å²) in [6.45, 7) is 1.75. The zero-order chi connectivity index (χ0) is 22.0. The lowest BCUT2D eigenvalue weighted by molar-refractivity contribution is 0.137. The van der Waals surface area contributed by atoms with Crippen LogP contribution in [0.3, 0.4) is 0 Å². The third kappa shape index (κ3) is 4.42. The number of hydrogen-bond acceptors (Lipinski definition) is 7. The van der Waals surface area contributed by atoms with E-state index in [4.69, 9.17) is 16.3 Å². The molecule has 0 radical (unpaired) electrons. The van der Waals surface area contributed by atoms with Crippen LogP contribution in [0, 0.1) is 6.92 Å². The maximum absolute atomic E-state index is 12.6. The van der Waals surface area contributed by atoms with Crippen LogP contribution in [-0.4, -0.2) is 43.5 Å². The SMILES string of the molecule is COc1nc(NSc2c[nH]c3c(-n4nccn4)c(Cl)ccc23)nc(C)c1CCC(F)F. The van der Waals surface area contributed by atoms with Crippen molar-refractivity contribution in [2.75, 3.05) is 11.8 Å². The number of aromatic nitrogens is 6. The van der Waals surface area contributed by atoms with Crippen molar-refractivity contribution in [1.29, 1.82) is 0 Å². The van der Waals surface area contributed by atoms with Crippen LogP contribution in [0.4, 0.5) is 14.7 Å². The lowest BCUT2D eigenvalue weighted by atomic mass is 10.1.